The molecule has 1 aromatic rings. The van der Waals surface area contributed by atoms with Crippen LogP contribution < -0.4 is 0 Å². The lowest BCUT2D eigenvalue weighted by Gasteiger charge is -2.39. The summed E-state index contributed by atoms with van der Waals surface area (Å²) in [5, 5.41) is -0.700. The Bertz CT molecular complexity index is 479. The molecule has 2 unspecified atom stereocenters. The van der Waals surface area contributed by atoms with Crippen molar-refractivity contribution in [3.8, 4) is 0 Å². The lowest BCUT2D eigenvalue weighted by Crippen LogP contribution is -2.60. The third-order valence-electron chi connectivity index (χ3n) is 3.56. The molecule has 1 aliphatic rings. The van der Waals surface area contributed by atoms with Crippen molar-refractivity contribution in [2.75, 3.05) is 14.1 Å². The predicted molar refractivity (Wildman–Crippen MR) is 74.2 cm³/mol. The van der Waals surface area contributed by atoms with Crippen LogP contribution in [0.5, 0.6) is 0 Å². The monoisotopic (exact) mass is 280 g/mol. The molecule has 4 nitrogen and oxygen atoms in total. The van der Waals surface area contributed by atoms with Crippen molar-refractivity contribution >= 4 is 23.5 Å². The van der Waals surface area contributed by atoms with Gasteiger partial charge in [-0.2, -0.15) is 0 Å². The molecule has 0 saturated carbocycles. The molecule has 3 amide bonds. The number of hydrogen-bond acceptors (Lipinski definition) is 2. The molecule has 0 aliphatic carbocycles. The first kappa shape index (κ1) is 13.9. The number of carbonyl (C=O) groups excluding carboxylic acids is 2. The van der Waals surface area contributed by atoms with E-state index in [-0.39, 0.29) is 18.0 Å². The van der Waals surface area contributed by atoms with Gasteiger partial charge >= 0.3 is 6.03 Å². The first-order valence-corrected chi connectivity index (χ1v) is 6.59. The van der Waals surface area contributed by atoms with Crippen molar-refractivity contribution in [1.82, 2.24) is 9.80 Å². The van der Waals surface area contributed by atoms with Gasteiger partial charge < -0.3 is 4.90 Å². The van der Waals surface area contributed by atoms with Crippen LogP contribution in [-0.4, -0.2) is 47.3 Å². The van der Waals surface area contributed by atoms with Gasteiger partial charge in [0.15, 0.2) is 0 Å². The van der Waals surface area contributed by atoms with Crippen LogP contribution in [0.15, 0.2) is 24.3 Å². The van der Waals surface area contributed by atoms with Crippen LogP contribution in [0.3, 0.4) is 0 Å². The second kappa shape index (κ2) is 5.21. The predicted octanol–water partition coefficient (Wildman–Crippen LogP) is 2.04. The number of aryl methyl sites for hydroxylation is 1. The minimum Gasteiger partial charge on any atom is -0.322 e. The van der Waals surface area contributed by atoms with Crippen LogP contribution in [0.2, 0.25) is 0 Å². The average Bonchev–Trinajstić information content (AvgIpc) is 2.41. The maximum atomic E-state index is 11.9. The van der Waals surface area contributed by atoms with E-state index in [4.69, 9.17) is 11.6 Å². The Balaban J connectivity index is 2.20. The molecule has 1 saturated heterocycles. The molecule has 0 bridgehead atoms. The van der Waals surface area contributed by atoms with Crippen LogP contribution in [0.4, 0.5) is 4.79 Å². The molecule has 2 rings (SSSR count). The van der Waals surface area contributed by atoms with Gasteiger partial charge in [0.25, 0.3) is 5.91 Å². The van der Waals surface area contributed by atoms with E-state index in [0.717, 1.165) is 10.5 Å². The van der Waals surface area contributed by atoms with Crippen molar-refractivity contribution in [2.45, 2.75) is 24.8 Å². The van der Waals surface area contributed by atoms with Gasteiger partial charge in [0, 0.05) is 14.1 Å². The van der Waals surface area contributed by atoms with E-state index in [0.29, 0.717) is 6.42 Å². The summed E-state index contributed by atoms with van der Waals surface area (Å²) in [7, 11) is 3.14. The fourth-order valence-electron chi connectivity index (χ4n) is 2.22. The molecule has 5 heteroatoms. The highest BCUT2D eigenvalue weighted by atomic mass is 35.5. The van der Waals surface area contributed by atoms with E-state index in [1.165, 1.54) is 12.6 Å². The van der Waals surface area contributed by atoms with Crippen molar-refractivity contribution in [1.29, 1.82) is 0 Å². The SMILES string of the molecule is Cc1ccc(CC2C(Cl)C(=O)N(C)C(=O)N2C)cc1. The number of amides is 3. The minimum atomic E-state index is -0.700. The summed E-state index contributed by atoms with van der Waals surface area (Å²) in [4.78, 5) is 26.4. The zero-order valence-electron chi connectivity index (χ0n) is 11.3. The highest BCUT2D eigenvalue weighted by Crippen LogP contribution is 2.23. The van der Waals surface area contributed by atoms with Gasteiger partial charge in [-0.05, 0) is 18.9 Å². The number of urea groups is 1. The molecule has 1 fully saturated rings. The normalized spacial score (nSPS) is 24.0. The van der Waals surface area contributed by atoms with E-state index < -0.39 is 5.38 Å². The molecular formula is C14H17ClN2O2. The van der Waals surface area contributed by atoms with Crippen LogP contribution in [0, 0.1) is 6.92 Å². The van der Waals surface area contributed by atoms with Crippen LogP contribution in [0.25, 0.3) is 0 Å². The van der Waals surface area contributed by atoms with Crippen LogP contribution in [0.1, 0.15) is 11.1 Å². The number of hydrogen-bond donors (Lipinski definition) is 0. The van der Waals surface area contributed by atoms with Crippen molar-refractivity contribution in [2.24, 2.45) is 0 Å². The summed E-state index contributed by atoms with van der Waals surface area (Å²) in [5.74, 6) is -0.332. The zero-order chi connectivity index (χ0) is 14.2. The van der Waals surface area contributed by atoms with Crippen molar-refractivity contribution in [3.05, 3.63) is 35.4 Å². The third-order valence-corrected chi connectivity index (χ3v) is 4.03. The average molecular weight is 281 g/mol. The molecule has 1 aromatic carbocycles. The standard InChI is InChI=1S/C14H17ClN2O2/c1-9-4-6-10(7-5-9)8-11-12(15)13(18)17(3)14(19)16(11)2/h4-7,11-12H,8H2,1-3H3. The Morgan fingerprint density at radius 2 is 1.74 bits per heavy atom. The highest BCUT2D eigenvalue weighted by Gasteiger charge is 2.41. The number of benzene rings is 1. The zero-order valence-corrected chi connectivity index (χ0v) is 12.0. The van der Waals surface area contributed by atoms with Gasteiger partial charge in [0.05, 0.1) is 6.04 Å². The Morgan fingerprint density at radius 1 is 1.16 bits per heavy atom. The summed E-state index contributed by atoms with van der Waals surface area (Å²) in [6.07, 6.45) is 0.580. The molecule has 2 atom stereocenters. The van der Waals surface area contributed by atoms with Crippen molar-refractivity contribution in [3.63, 3.8) is 0 Å². The molecule has 19 heavy (non-hydrogen) atoms. The van der Waals surface area contributed by atoms with Gasteiger partial charge in [-0.25, -0.2) is 4.79 Å². The van der Waals surface area contributed by atoms with E-state index in [2.05, 4.69) is 0 Å². The lowest BCUT2D eigenvalue weighted by molar-refractivity contribution is -0.130. The second-order valence-electron chi connectivity index (χ2n) is 4.95. The molecule has 102 valence electrons. The van der Waals surface area contributed by atoms with E-state index in [1.54, 1.807) is 11.9 Å². The molecule has 1 aliphatic heterocycles. The Morgan fingerprint density at radius 3 is 2.32 bits per heavy atom. The number of imide groups is 1. The largest absolute Gasteiger partial charge is 0.326 e. The lowest BCUT2D eigenvalue weighted by atomic mass is 9.99. The second-order valence-corrected chi connectivity index (χ2v) is 5.42. The van der Waals surface area contributed by atoms with E-state index in [9.17, 15) is 9.59 Å². The number of rotatable bonds is 2. The highest BCUT2D eigenvalue weighted by molar-refractivity contribution is 6.33. The first-order chi connectivity index (χ1) is 8.91. The van der Waals surface area contributed by atoms with Gasteiger partial charge in [-0.1, -0.05) is 29.8 Å². The smallest absolute Gasteiger partial charge is 0.322 e. The molecule has 0 radical (unpaired) electrons. The maximum absolute atomic E-state index is 11.9. The molecule has 0 spiro atoms. The fourth-order valence-corrected chi connectivity index (χ4v) is 2.63. The van der Waals surface area contributed by atoms with Crippen molar-refractivity contribution < 1.29 is 9.59 Å². The number of nitrogens with zero attached hydrogens (tertiary/aromatic N) is 2. The van der Waals surface area contributed by atoms with E-state index in [1.807, 2.05) is 31.2 Å². The Labute approximate surface area is 117 Å². The number of carbonyl (C=O) groups is 2. The van der Waals surface area contributed by atoms with Crippen LogP contribution in [-0.2, 0) is 11.2 Å². The molecule has 1 heterocycles. The Hall–Kier alpha value is -1.55. The van der Waals surface area contributed by atoms with Gasteiger partial charge in [-0.15, -0.1) is 11.6 Å². The topological polar surface area (TPSA) is 40.6 Å². The van der Waals surface area contributed by atoms with Gasteiger partial charge in [0.2, 0.25) is 0 Å². The fraction of sp³-hybridized carbons (Fsp3) is 0.429. The summed E-state index contributed by atoms with van der Waals surface area (Å²) < 4.78 is 0. The van der Waals surface area contributed by atoms with Gasteiger partial charge in [-0.3, -0.25) is 9.69 Å². The summed E-state index contributed by atoms with van der Waals surface area (Å²) >= 11 is 6.18. The number of alkyl halides is 1. The minimum absolute atomic E-state index is 0.305. The summed E-state index contributed by atoms with van der Waals surface area (Å²) in [6, 6.07) is 7.41. The summed E-state index contributed by atoms with van der Waals surface area (Å²) in [6.45, 7) is 2.02. The quantitative estimate of drug-likeness (QED) is 0.778. The Kier molecular flexibility index (Phi) is 3.80. The third kappa shape index (κ3) is 2.59. The van der Waals surface area contributed by atoms with E-state index >= 15 is 0 Å². The van der Waals surface area contributed by atoms with Gasteiger partial charge in [0.1, 0.15) is 5.38 Å². The molecule has 0 aromatic heterocycles. The summed E-state index contributed by atoms with van der Waals surface area (Å²) in [5.41, 5.74) is 2.24. The molecule has 0 N–H and O–H groups in total. The van der Waals surface area contributed by atoms with Crippen LogP contribution >= 0.6 is 11.6 Å². The molecular weight excluding hydrogens is 264 g/mol. The maximum Gasteiger partial charge on any atom is 0.326 e. The number of likely N-dealkylation sites (N-methyl/N-ethyl adjacent to an activating group) is 1. The number of halogens is 1. The first-order valence-electron chi connectivity index (χ1n) is 6.16.